The highest BCUT2D eigenvalue weighted by molar-refractivity contribution is 7.90. The van der Waals surface area contributed by atoms with Gasteiger partial charge in [-0.2, -0.15) is 0 Å². The van der Waals surface area contributed by atoms with Crippen LogP contribution in [0.5, 0.6) is 0 Å². The summed E-state index contributed by atoms with van der Waals surface area (Å²) in [7, 11) is -4.31. The van der Waals surface area contributed by atoms with Crippen LogP contribution in [0.3, 0.4) is 0 Å². The molecule has 1 aromatic heterocycles. The lowest BCUT2D eigenvalue weighted by Crippen LogP contribution is -2.51. The number of likely N-dealkylation sites (tertiary alicyclic amines) is 1. The highest BCUT2D eigenvalue weighted by atomic mass is 32.2. The molecule has 3 N–H and O–H groups in total. The molecule has 0 unspecified atom stereocenters. The average Bonchev–Trinajstić information content (AvgIpc) is 4.08. The molecule has 2 heterocycles. The van der Waals surface area contributed by atoms with Crippen LogP contribution in [0.25, 0.3) is 10.9 Å². The summed E-state index contributed by atoms with van der Waals surface area (Å²) in [6, 6.07) is 5.12. The Bertz CT molecular complexity index is 2150. The minimum absolute atomic E-state index is 0.0188. The summed E-state index contributed by atoms with van der Waals surface area (Å²) in [6.45, 7) is 14.7. The average molecular weight is 815 g/mol. The van der Waals surface area contributed by atoms with Gasteiger partial charge in [-0.05, 0) is 91.6 Å². The predicted octanol–water partition coefficient (Wildman–Crippen LogP) is 7.02. The summed E-state index contributed by atoms with van der Waals surface area (Å²) in [6.07, 6.45) is 13.4. The number of benzene rings is 1. The lowest BCUT2D eigenvalue weighted by molar-refractivity contribution is -0.147. The third-order valence-electron chi connectivity index (χ3n) is 16.4. The summed E-state index contributed by atoms with van der Waals surface area (Å²) >= 11 is 0. The van der Waals surface area contributed by atoms with Gasteiger partial charge in [-0.3, -0.25) is 24.0 Å². The molecule has 11 nitrogen and oxygen atoms in total. The van der Waals surface area contributed by atoms with Crippen LogP contribution in [-0.4, -0.2) is 66.2 Å². The van der Waals surface area contributed by atoms with Gasteiger partial charge in [-0.15, -0.1) is 6.58 Å². The second kappa shape index (κ2) is 14.2. The van der Waals surface area contributed by atoms with Crippen molar-refractivity contribution >= 4 is 50.2 Å². The number of H-pyrrole nitrogens is 1. The van der Waals surface area contributed by atoms with Gasteiger partial charge in [0.1, 0.15) is 4.90 Å². The van der Waals surface area contributed by atoms with Crippen LogP contribution in [0, 0.1) is 50.7 Å². The second-order valence-corrected chi connectivity index (χ2v) is 22.2. The molecule has 314 valence electrons. The number of rotatable bonds is 14. The molecule has 8 rings (SSSR count). The predicted molar refractivity (Wildman–Crippen MR) is 220 cm³/mol. The number of hydrogen-bond donors (Lipinski definition) is 3. The third kappa shape index (κ3) is 6.49. The quantitative estimate of drug-likeness (QED) is 0.173. The van der Waals surface area contributed by atoms with Gasteiger partial charge in [-0.25, -0.2) is 13.1 Å². The van der Waals surface area contributed by atoms with E-state index in [1.807, 2.05) is 20.8 Å². The number of allylic oxidation sites excluding steroid dienone is 1. The maximum Gasteiger partial charge on any atom is 0.266 e. The van der Waals surface area contributed by atoms with Crippen molar-refractivity contribution < 1.29 is 32.4 Å². The number of aromatic amines is 1. The zero-order chi connectivity index (χ0) is 41.6. The minimum Gasteiger partial charge on any atom is -0.360 e. The minimum atomic E-state index is -4.31. The molecule has 3 amide bonds. The van der Waals surface area contributed by atoms with Crippen molar-refractivity contribution in [1.29, 1.82) is 0 Å². The Morgan fingerprint density at radius 1 is 0.966 bits per heavy atom. The van der Waals surface area contributed by atoms with E-state index in [0.29, 0.717) is 23.9 Å². The van der Waals surface area contributed by atoms with Gasteiger partial charge in [0.25, 0.3) is 10.0 Å². The molecule has 12 heteroatoms. The molecule has 1 aliphatic heterocycles. The number of carbonyl (C=O) groups is 5. The van der Waals surface area contributed by atoms with E-state index in [4.69, 9.17) is 0 Å². The number of nitrogens with zero attached hydrogens (tertiary/aromatic N) is 1. The number of para-hydroxylation sites is 1. The van der Waals surface area contributed by atoms with Crippen molar-refractivity contribution in [3.63, 3.8) is 0 Å². The Morgan fingerprint density at radius 2 is 1.67 bits per heavy atom. The molecule has 1 aromatic carbocycles. The number of fused-ring (bicyclic) bond motifs is 2. The van der Waals surface area contributed by atoms with Crippen LogP contribution in [0.2, 0.25) is 0 Å². The van der Waals surface area contributed by atoms with Gasteiger partial charge in [0.05, 0.1) is 23.0 Å². The van der Waals surface area contributed by atoms with Gasteiger partial charge in [-0.1, -0.05) is 78.5 Å². The zero-order valence-corrected chi connectivity index (χ0v) is 35.8. The summed E-state index contributed by atoms with van der Waals surface area (Å²) in [5.41, 5.74) is -1.94. The lowest BCUT2D eigenvalue weighted by Gasteiger charge is -2.37. The zero-order valence-electron chi connectivity index (χ0n) is 35.0. The van der Waals surface area contributed by atoms with Crippen LogP contribution in [0.15, 0.2) is 48.0 Å². The maximum absolute atomic E-state index is 15.2. The monoisotopic (exact) mass is 814 g/mol. The number of carbonyl (C=O) groups excluding carboxylic acids is 5. The largest absolute Gasteiger partial charge is 0.360 e. The molecule has 6 atom stereocenters. The molecule has 5 saturated carbocycles. The number of Topliss-reactive ketones (excluding diaryl/α,β-unsaturated/α-hetero) is 2. The number of hydrogen-bond acceptors (Lipinski definition) is 7. The van der Waals surface area contributed by atoms with E-state index >= 15 is 4.79 Å². The highest BCUT2D eigenvalue weighted by Crippen LogP contribution is 2.88. The first-order chi connectivity index (χ1) is 27.3. The molecule has 5 aliphatic carbocycles. The SMILES string of the molecule is C=C[C@@H]1C[C@]1(CC(=O)[C@@H]1C[C@@]2(CN1C(=O)[C@@H](CC(=O)[C@@H](NC(=O)C1CC1)C1CCCCC1)C(C)(C)C)C(C)(C)C21CCC1)C(=O)NS(=O)(=O)c1cccc2cc[nH]c12. The van der Waals surface area contributed by atoms with E-state index in [9.17, 15) is 27.6 Å². The van der Waals surface area contributed by atoms with Crippen LogP contribution in [0.1, 0.15) is 125 Å². The van der Waals surface area contributed by atoms with Gasteiger partial charge in [0.15, 0.2) is 11.6 Å². The van der Waals surface area contributed by atoms with E-state index in [1.165, 1.54) is 6.07 Å². The van der Waals surface area contributed by atoms with Gasteiger partial charge < -0.3 is 15.2 Å². The topological polar surface area (TPSA) is 163 Å². The molecule has 0 bridgehead atoms. The van der Waals surface area contributed by atoms with Crippen molar-refractivity contribution in [1.82, 2.24) is 19.9 Å². The molecule has 1 saturated heterocycles. The third-order valence-corrected chi connectivity index (χ3v) is 17.7. The molecule has 6 fully saturated rings. The molecule has 6 aliphatic rings. The van der Waals surface area contributed by atoms with Gasteiger partial charge in [0.2, 0.25) is 17.7 Å². The van der Waals surface area contributed by atoms with E-state index in [-0.39, 0.29) is 75.6 Å². The van der Waals surface area contributed by atoms with E-state index < -0.39 is 50.7 Å². The van der Waals surface area contributed by atoms with E-state index in [2.05, 4.69) is 35.4 Å². The summed E-state index contributed by atoms with van der Waals surface area (Å²) in [5.74, 6) is -2.59. The van der Waals surface area contributed by atoms with Crippen molar-refractivity contribution in [3.8, 4) is 0 Å². The van der Waals surface area contributed by atoms with Crippen LogP contribution in [0.4, 0.5) is 0 Å². The van der Waals surface area contributed by atoms with Gasteiger partial charge in [0, 0.05) is 48.2 Å². The Balaban J connectivity index is 1.07. The number of ketones is 2. The number of sulfonamides is 1. The van der Waals surface area contributed by atoms with E-state index in [0.717, 1.165) is 64.2 Å². The fourth-order valence-corrected chi connectivity index (χ4v) is 13.4. The van der Waals surface area contributed by atoms with E-state index in [1.54, 1.807) is 35.4 Å². The molecular formula is C46H62N4O7S. The second-order valence-electron chi connectivity index (χ2n) is 20.6. The van der Waals surface area contributed by atoms with Crippen molar-refractivity contribution in [2.75, 3.05) is 6.54 Å². The number of nitrogens with one attached hydrogen (secondary N) is 3. The Kier molecular flexibility index (Phi) is 10.00. The Morgan fingerprint density at radius 3 is 2.26 bits per heavy atom. The van der Waals surface area contributed by atoms with Crippen molar-refractivity contribution in [2.24, 2.45) is 50.7 Å². The van der Waals surface area contributed by atoms with Gasteiger partial charge >= 0.3 is 0 Å². The Labute approximate surface area is 343 Å². The lowest BCUT2D eigenvalue weighted by atomic mass is 9.73. The summed E-state index contributed by atoms with van der Waals surface area (Å²) in [4.78, 5) is 76.5. The maximum atomic E-state index is 15.2. The fraction of sp³-hybridized carbons (Fsp3) is 0.674. The normalized spacial score (nSPS) is 29.7. The molecular weight excluding hydrogens is 753 g/mol. The van der Waals surface area contributed by atoms with Crippen molar-refractivity contribution in [3.05, 3.63) is 43.1 Å². The standard InChI is InChI=1S/C46H62N4O7S/c1-7-31-24-44(31,41(55)49-58(56,57)36-16-11-15-29-19-22-47-38(29)36)26-35(52)33-25-46(43(5,6)45(46)20-12-21-45)27-50(33)40(54)32(42(2,3)4)23-34(51)37(28-13-9-8-10-14-28)48-39(53)30-17-18-30/h7,11,15-16,19,22,28,30-33,37,47H,1,8-10,12-14,17-18,20-21,23-27H2,2-6H3,(H,48,53)(H,49,55)/t31-,32-,33+,37+,44-,46-/m1/s1. The Hall–Kier alpha value is -3.80. The fourth-order valence-electron chi connectivity index (χ4n) is 12.1. The first-order valence-electron chi connectivity index (χ1n) is 21.7. The van der Waals surface area contributed by atoms with Crippen LogP contribution >= 0.6 is 0 Å². The van der Waals surface area contributed by atoms with Crippen LogP contribution in [-0.2, 0) is 34.0 Å². The van der Waals surface area contributed by atoms with Crippen molar-refractivity contribution in [2.45, 2.75) is 141 Å². The first-order valence-corrected chi connectivity index (χ1v) is 23.2. The number of amides is 3. The highest BCUT2D eigenvalue weighted by Gasteiger charge is 2.85. The van der Waals surface area contributed by atoms with Crippen LogP contribution < -0.4 is 10.0 Å². The number of aromatic nitrogens is 1. The molecule has 0 radical (unpaired) electrons. The summed E-state index contributed by atoms with van der Waals surface area (Å²) in [5, 5.41) is 3.81. The molecule has 2 spiro atoms. The molecule has 2 aromatic rings. The summed E-state index contributed by atoms with van der Waals surface area (Å²) < 4.78 is 29.7. The smallest absolute Gasteiger partial charge is 0.266 e. The molecule has 58 heavy (non-hydrogen) atoms. The first kappa shape index (κ1) is 41.0.